The summed E-state index contributed by atoms with van der Waals surface area (Å²) in [6.45, 7) is -0.143. The minimum Gasteiger partial charge on any atom is -0.480 e. The normalized spacial score (nSPS) is 11.9. The van der Waals surface area contributed by atoms with Crippen molar-refractivity contribution in [3.8, 4) is 0 Å². The topological polar surface area (TPSA) is 75.6 Å². The van der Waals surface area contributed by atoms with Crippen molar-refractivity contribution >= 4 is 11.9 Å². The molecule has 0 aliphatic carbocycles. The molecule has 1 atom stereocenters. The summed E-state index contributed by atoms with van der Waals surface area (Å²) in [6, 6.07) is 8.44. The third-order valence-electron chi connectivity index (χ3n) is 2.86. The van der Waals surface area contributed by atoms with Gasteiger partial charge in [-0.05, 0) is 18.4 Å². The number of halogens is 1. The average molecular weight is 297 g/mol. The summed E-state index contributed by atoms with van der Waals surface area (Å²) < 4.78 is 17.7. The van der Waals surface area contributed by atoms with E-state index in [-0.39, 0.29) is 6.42 Å². The monoisotopic (exact) mass is 297 g/mol. The molecule has 0 aliphatic rings. The highest BCUT2D eigenvalue weighted by Crippen LogP contribution is 2.00. The van der Waals surface area contributed by atoms with E-state index in [1.54, 1.807) is 0 Å². The van der Waals surface area contributed by atoms with Crippen LogP contribution >= 0.6 is 0 Å². The fraction of sp³-hybridized carbons (Fsp3) is 0.467. The van der Waals surface area contributed by atoms with Crippen LogP contribution < -0.4 is 5.32 Å². The number of hydrogen-bond donors (Lipinski definition) is 2. The standard InChI is InChI=1S/C15H20FNO4/c16-11-13(15(19)20)17-14(18)7-4-9-21-10-8-12-5-2-1-3-6-12/h1-3,5-6,13H,4,7-11H2,(H,17,18)(H,19,20). The number of carbonyl (C=O) groups excluding carboxylic acids is 1. The number of nitrogens with one attached hydrogen (secondary N) is 1. The molecule has 0 heterocycles. The third kappa shape index (κ3) is 7.41. The minimum atomic E-state index is -1.46. The molecule has 0 aromatic heterocycles. The van der Waals surface area contributed by atoms with Crippen molar-refractivity contribution in [3.63, 3.8) is 0 Å². The van der Waals surface area contributed by atoms with Crippen LogP contribution in [0.15, 0.2) is 30.3 Å². The molecule has 116 valence electrons. The maximum Gasteiger partial charge on any atom is 0.328 e. The smallest absolute Gasteiger partial charge is 0.328 e. The van der Waals surface area contributed by atoms with Crippen molar-refractivity contribution < 1.29 is 23.8 Å². The number of amides is 1. The molecule has 0 saturated heterocycles. The summed E-state index contributed by atoms with van der Waals surface area (Å²) in [5.74, 6) is -1.85. The van der Waals surface area contributed by atoms with E-state index < -0.39 is 24.6 Å². The Balaban J connectivity index is 2.06. The number of carboxylic acids is 1. The summed E-state index contributed by atoms with van der Waals surface area (Å²) in [4.78, 5) is 21.9. The van der Waals surface area contributed by atoms with E-state index in [1.807, 2.05) is 30.3 Å². The summed E-state index contributed by atoms with van der Waals surface area (Å²) >= 11 is 0. The second-order valence-corrected chi connectivity index (χ2v) is 4.56. The molecule has 0 spiro atoms. The Bertz CT molecular complexity index is 439. The van der Waals surface area contributed by atoms with E-state index in [0.717, 1.165) is 6.42 Å². The number of carbonyl (C=O) groups is 2. The first-order valence-electron chi connectivity index (χ1n) is 6.83. The lowest BCUT2D eigenvalue weighted by Crippen LogP contribution is -2.42. The molecule has 2 N–H and O–H groups in total. The van der Waals surface area contributed by atoms with Crippen LogP contribution in [-0.4, -0.2) is 42.9 Å². The number of benzene rings is 1. The van der Waals surface area contributed by atoms with E-state index in [4.69, 9.17) is 9.84 Å². The van der Waals surface area contributed by atoms with Crippen LogP contribution in [0.2, 0.25) is 0 Å². The molecule has 1 rings (SSSR count). The van der Waals surface area contributed by atoms with Gasteiger partial charge >= 0.3 is 5.97 Å². The Kier molecular flexibility index (Phi) is 8.04. The van der Waals surface area contributed by atoms with Gasteiger partial charge in [-0.1, -0.05) is 30.3 Å². The Labute approximate surface area is 123 Å². The van der Waals surface area contributed by atoms with E-state index in [1.165, 1.54) is 5.56 Å². The quantitative estimate of drug-likeness (QED) is 0.643. The van der Waals surface area contributed by atoms with Gasteiger partial charge < -0.3 is 15.2 Å². The summed E-state index contributed by atoms with van der Waals surface area (Å²) in [5, 5.41) is 10.7. The molecule has 1 aromatic rings. The first-order chi connectivity index (χ1) is 10.1. The lowest BCUT2D eigenvalue weighted by Gasteiger charge is -2.10. The first kappa shape index (κ1) is 17.1. The van der Waals surface area contributed by atoms with Gasteiger partial charge in [-0.2, -0.15) is 0 Å². The number of rotatable bonds is 10. The van der Waals surface area contributed by atoms with Crippen molar-refractivity contribution in [2.45, 2.75) is 25.3 Å². The van der Waals surface area contributed by atoms with Crippen LogP contribution in [0.3, 0.4) is 0 Å². The zero-order valence-electron chi connectivity index (χ0n) is 11.8. The highest BCUT2D eigenvalue weighted by atomic mass is 19.1. The van der Waals surface area contributed by atoms with Crippen molar-refractivity contribution in [1.82, 2.24) is 5.32 Å². The maximum atomic E-state index is 12.3. The van der Waals surface area contributed by atoms with Crippen LogP contribution in [0.4, 0.5) is 4.39 Å². The van der Waals surface area contributed by atoms with Gasteiger partial charge in [0.2, 0.25) is 5.91 Å². The lowest BCUT2D eigenvalue weighted by molar-refractivity contribution is -0.142. The highest BCUT2D eigenvalue weighted by Gasteiger charge is 2.18. The van der Waals surface area contributed by atoms with Crippen LogP contribution in [0.5, 0.6) is 0 Å². The minimum absolute atomic E-state index is 0.120. The van der Waals surface area contributed by atoms with Gasteiger partial charge in [-0.15, -0.1) is 0 Å². The molecular weight excluding hydrogens is 277 g/mol. The van der Waals surface area contributed by atoms with Crippen LogP contribution in [-0.2, 0) is 20.7 Å². The van der Waals surface area contributed by atoms with Gasteiger partial charge in [0.25, 0.3) is 0 Å². The molecule has 5 nitrogen and oxygen atoms in total. The number of aliphatic carboxylic acids is 1. The van der Waals surface area contributed by atoms with E-state index >= 15 is 0 Å². The maximum absolute atomic E-state index is 12.3. The highest BCUT2D eigenvalue weighted by molar-refractivity contribution is 5.83. The van der Waals surface area contributed by atoms with Gasteiger partial charge in [0, 0.05) is 13.0 Å². The van der Waals surface area contributed by atoms with Crippen molar-refractivity contribution in [3.05, 3.63) is 35.9 Å². The Morgan fingerprint density at radius 2 is 1.95 bits per heavy atom. The molecule has 0 bridgehead atoms. The van der Waals surface area contributed by atoms with Crippen LogP contribution in [0.1, 0.15) is 18.4 Å². The van der Waals surface area contributed by atoms with Crippen molar-refractivity contribution in [1.29, 1.82) is 0 Å². The van der Waals surface area contributed by atoms with Gasteiger partial charge in [0.1, 0.15) is 6.67 Å². The van der Waals surface area contributed by atoms with Crippen molar-refractivity contribution in [2.24, 2.45) is 0 Å². The molecule has 0 aliphatic heterocycles. The molecule has 1 amide bonds. The Morgan fingerprint density at radius 3 is 2.57 bits per heavy atom. The van der Waals surface area contributed by atoms with Gasteiger partial charge in [0.05, 0.1) is 6.61 Å². The lowest BCUT2D eigenvalue weighted by atomic mass is 10.2. The fourth-order valence-corrected chi connectivity index (χ4v) is 1.70. The Hall–Kier alpha value is -1.95. The van der Waals surface area contributed by atoms with Gasteiger partial charge in [-0.3, -0.25) is 4.79 Å². The van der Waals surface area contributed by atoms with E-state index in [9.17, 15) is 14.0 Å². The van der Waals surface area contributed by atoms with E-state index in [0.29, 0.717) is 19.6 Å². The number of hydrogen-bond acceptors (Lipinski definition) is 3. The molecular formula is C15H20FNO4. The van der Waals surface area contributed by atoms with Gasteiger partial charge in [-0.25, -0.2) is 9.18 Å². The second kappa shape index (κ2) is 9.88. The zero-order valence-corrected chi connectivity index (χ0v) is 11.8. The van der Waals surface area contributed by atoms with Crippen LogP contribution in [0, 0.1) is 0 Å². The van der Waals surface area contributed by atoms with Crippen LogP contribution in [0.25, 0.3) is 0 Å². The number of carboxylic acid groups (broad SMARTS) is 1. The molecule has 21 heavy (non-hydrogen) atoms. The summed E-state index contributed by atoms with van der Waals surface area (Å²) in [5.41, 5.74) is 1.18. The Morgan fingerprint density at radius 1 is 1.24 bits per heavy atom. The summed E-state index contributed by atoms with van der Waals surface area (Å²) in [7, 11) is 0. The molecule has 0 fully saturated rings. The second-order valence-electron chi connectivity index (χ2n) is 4.56. The van der Waals surface area contributed by atoms with E-state index in [2.05, 4.69) is 5.32 Å². The molecule has 0 radical (unpaired) electrons. The fourth-order valence-electron chi connectivity index (χ4n) is 1.70. The molecule has 6 heteroatoms. The zero-order chi connectivity index (χ0) is 15.5. The van der Waals surface area contributed by atoms with Gasteiger partial charge in [0.15, 0.2) is 6.04 Å². The number of ether oxygens (including phenoxy) is 1. The molecule has 0 saturated carbocycles. The molecule has 1 unspecified atom stereocenters. The molecule has 1 aromatic carbocycles. The summed E-state index contributed by atoms with van der Waals surface area (Å²) in [6.07, 6.45) is 1.39. The largest absolute Gasteiger partial charge is 0.480 e. The SMILES string of the molecule is O=C(CCCOCCc1ccccc1)NC(CF)C(=O)O. The predicted molar refractivity (Wildman–Crippen MR) is 75.7 cm³/mol. The predicted octanol–water partition coefficient (Wildman–Crippen LogP) is 1.56. The van der Waals surface area contributed by atoms with Crippen molar-refractivity contribution in [2.75, 3.05) is 19.9 Å². The first-order valence-corrected chi connectivity index (χ1v) is 6.83. The number of alkyl halides is 1. The third-order valence-corrected chi connectivity index (χ3v) is 2.86. The average Bonchev–Trinajstić information content (AvgIpc) is 2.49.